The van der Waals surface area contributed by atoms with Gasteiger partial charge in [0, 0.05) is 63.1 Å². The zero-order chi connectivity index (χ0) is 38.9. The molecule has 3 aromatic carbocycles. The van der Waals surface area contributed by atoms with Crippen LogP contribution in [0.1, 0.15) is 71.0 Å². The van der Waals surface area contributed by atoms with Crippen LogP contribution in [0.15, 0.2) is 85.3 Å². The third-order valence-electron chi connectivity index (χ3n) is 10.2. The van der Waals surface area contributed by atoms with Crippen LogP contribution in [0.25, 0.3) is 16.6 Å². The maximum Gasteiger partial charge on any atom is 0.416 e. The summed E-state index contributed by atoms with van der Waals surface area (Å²) in [6, 6.07) is 15.6. The van der Waals surface area contributed by atoms with Gasteiger partial charge in [-0.3, -0.25) is 14.5 Å². The van der Waals surface area contributed by atoms with Gasteiger partial charge < -0.3 is 0 Å². The lowest BCUT2D eigenvalue weighted by atomic mass is 9.90. The highest BCUT2D eigenvalue weighted by Gasteiger charge is 2.33. The maximum atomic E-state index is 13.7. The molecule has 7 nitrogen and oxygen atoms in total. The Balaban J connectivity index is 0.000000169. The Bertz CT molecular complexity index is 2260. The maximum absolute atomic E-state index is 13.7. The van der Waals surface area contributed by atoms with Gasteiger partial charge in [0.1, 0.15) is 11.6 Å². The predicted octanol–water partition coefficient (Wildman–Crippen LogP) is 9.38. The molecular formula is C40H39F8N7. The zero-order valence-corrected chi connectivity index (χ0v) is 30.0. The number of rotatable bonds is 6. The molecule has 6 aromatic rings. The summed E-state index contributed by atoms with van der Waals surface area (Å²) >= 11 is 0. The molecule has 8 rings (SSSR count). The van der Waals surface area contributed by atoms with Gasteiger partial charge in [-0.15, -0.1) is 0 Å². The number of aryl methyl sites for hydroxylation is 1. The van der Waals surface area contributed by atoms with E-state index in [0.29, 0.717) is 42.3 Å². The number of aromatic nitrogens is 5. The van der Waals surface area contributed by atoms with Crippen molar-refractivity contribution in [1.29, 1.82) is 0 Å². The van der Waals surface area contributed by atoms with Crippen molar-refractivity contribution in [1.82, 2.24) is 34.2 Å². The molecule has 15 heteroatoms. The topological polar surface area (TPSA) is 54.5 Å². The molecule has 5 heterocycles. The van der Waals surface area contributed by atoms with Crippen molar-refractivity contribution < 1.29 is 35.1 Å². The first-order valence-electron chi connectivity index (χ1n) is 18.1. The van der Waals surface area contributed by atoms with Crippen LogP contribution in [0.5, 0.6) is 0 Å². The first-order valence-corrected chi connectivity index (χ1v) is 18.1. The van der Waals surface area contributed by atoms with Crippen LogP contribution in [-0.4, -0.2) is 60.4 Å². The van der Waals surface area contributed by atoms with Crippen LogP contribution in [0, 0.1) is 11.6 Å². The molecule has 3 aromatic heterocycles. The lowest BCUT2D eigenvalue weighted by Gasteiger charge is -2.33. The molecule has 2 aliphatic heterocycles. The van der Waals surface area contributed by atoms with Crippen molar-refractivity contribution in [2.75, 3.05) is 26.2 Å². The van der Waals surface area contributed by atoms with E-state index in [9.17, 15) is 35.1 Å². The highest BCUT2D eigenvalue weighted by atomic mass is 19.4. The van der Waals surface area contributed by atoms with Crippen molar-refractivity contribution >= 4 is 16.6 Å². The first kappa shape index (κ1) is 38.4. The zero-order valence-electron chi connectivity index (χ0n) is 30.0. The van der Waals surface area contributed by atoms with E-state index in [1.54, 1.807) is 21.6 Å². The minimum Gasteiger partial charge on any atom is -0.298 e. The fraction of sp³-hybridized carbons (Fsp3) is 0.375. The standard InChI is InChI=1S/C21H21F4N3.C19H18F4N4/c1-27-12-17-9-15(4-5-20(17)26-27)16-3-2-6-28(13-16)11-14-7-18(21(23,24)25)10-19(22)8-14;20-16-9-13(8-15(10-16)19(21,22)23)11-26-6-1-2-14(12-26)17-3-4-18-24-5-7-27(18)25-17/h4-5,7-10,12,16H,2-3,6,11,13H2,1H3;3-5,7-10,14H,1-2,6,11-12H2. The van der Waals surface area contributed by atoms with E-state index in [0.717, 1.165) is 79.7 Å². The van der Waals surface area contributed by atoms with E-state index in [4.69, 9.17) is 0 Å². The van der Waals surface area contributed by atoms with E-state index in [2.05, 4.69) is 37.1 Å². The third kappa shape index (κ3) is 9.50. The van der Waals surface area contributed by atoms with Gasteiger partial charge in [-0.05, 0) is 122 Å². The number of imidazole rings is 1. The molecule has 0 amide bonds. The summed E-state index contributed by atoms with van der Waals surface area (Å²) in [5.41, 5.74) is 2.66. The number of alkyl halides is 6. The van der Waals surface area contributed by atoms with Gasteiger partial charge >= 0.3 is 12.4 Å². The molecule has 0 radical (unpaired) electrons. The summed E-state index contributed by atoms with van der Waals surface area (Å²) in [6.07, 6.45) is 0.204. The molecule has 0 saturated carbocycles. The van der Waals surface area contributed by atoms with Gasteiger partial charge in [-0.1, -0.05) is 6.07 Å². The molecule has 0 N–H and O–H groups in total. The number of nitrogens with zero attached hydrogens (tertiary/aromatic N) is 7. The van der Waals surface area contributed by atoms with Crippen molar-refractivity contribution in [3.63, 3.8) is 0 Å². The van der Waals surface area contributed by atoms with Gasteiger partial charge in [0.2, 0.25) is 0 Å². The van der Waals surface area contributed by atoms with Gasteiger partial charge in [0.15, 0.2) is 5.65 Å². The highest BCUT2D eigenvalue weighted by molar-refractivity contribution is 5.78. The van der Waals surface area contributed by atoms with Gasteiger partial charge in [-0.25, -0.2) is 18.3 Å². The molecule has 2 unspecified atom stereocenters. The van der Waals surface area contributed by atoms with Crippen molar-refractivity contribution in [2.24, 2.45) is 7.05 Å². The molecule has 55 heavy (non-hydrogen) atoms. The summed E-state index contributed by atoms with van der Waals surface area (Å²) < 4.78 is 108. The Morgan fingerprint density at radius 2 is 1.29 bits per heavy atom. The Kier molecular flexibility index (Phi) is 11.0. The minimum absolute atomic E-state index is 0.182. The van der Waals surface area contributed by atoms with E-state index in [1.807, 2.05) is 31.4 Å². The highest BCUT2D eigenvalue weighted by Crippen LogP contribution is 2.34. The van der Waals surface area contributed by atoms with Gasteiger partial charge in [0.05, 0.1) is 22.3 Å². The van der Waals surface area contributed by atoms with Crippen LogP contribution in [0.2, 0.25) is 0 Å². The van der Waals surface area contributed by atoms with Crippen LogP contribution in [0.4, 0.5) is 35.1 Å². The van der Waals surface area contributed by atoms with Crippen molar-refractivity contribution in [3.05, 3.63) is 130 Å². The number of hydrogen-bond acceptors (Lipinski definition) is 5. The average molecular weight is 770 g/mol. The monoisotopic (exact) mass is 769 g/mol. The number of benzene rings is 3. The number of likely N-dealkylation sites (tertiary alicyclic amines) is 2. The molecule has 0 bridgehead atoms. The fourth-order valence-electron chi connectivity index (χ4n) is 7.71. The molecule has 2 fully saturated rings. The number of hydrogen-bond donors (Lipinski definition) is 0. The molecule has 2 atom stereocenters. The molecular weight excluding hydrogens is 730 g/mol. The smallest absolute Gasteiger partial charge is 0.298 e. The number of piperidine rings is 2. The quantitative estimate of drug-likeness (QED) is 0.158. The second-order valence-corrected chi connectivity index (χ2v) is 14.4. The Morgan fingerprint density at radius 1 is 0.691 bits per heavy atom. The minimum atomic E-state index is -4.55. The summed E-state index contributed by atoms with van der Waals surface area (Å²) in [5, 5.41) is 10.0. The average Bonchev–Trinajstić information content (AvgIpc) is 3.76. The summed E-state index contributed by atoms with van der Waals surface area (Å²) in [6.45, 7) is 3.57. The molecule has 290 valence electrons. The lowest BCUT2D eigenvalue weighted by Crippen LogP contribution is -2.34. The van der Waals surface area contributed by atoms with E-state index in [1.165, 1.54) is 17.7 Å². The second kappa shape index (κ2) is 15.7. The number of fused-ring (bicyclic) bond motifs is 2. The Hall–Kier alpha value is -4.89. The number of halogens is 8. The Morgan fingerprint density at radius 3 is 1.91 bits per heavy atom. The summed E-state index contributed by atoms with van der Waals surface area (Å²) in [4.78, 5) is 8.34. The third-order valence-corrected chi connectivity index (χ3v) is 10.2. The fourth-order valence-corrected chi connectivity index (χ4v) is 7.71. The van der Waals surface area contributed by atoms with Crippen molar-refractivity contribution in [2.45, 2.75) is 63.0 Å². The SMILES string of the molecule is Cn1cc2cc(C3CCCN(Cc4cc(F)cc(C(F)(F)F)c4)C3)ccc2n1.Fc1cc(CN2CCCC(c3ccc4nccn4n3)C2)cc(C(F)(F)F)c1. The van der Waals surface area contributed by atoms with E-state index < -0.39 is 35.1 Å². The summed E-state index contributed by atoms with van der Waals surface area (Å²) in [5.74, 6) is -1.23. The van der Waals surface area contributed by atoms with E-state index in [-0.39, 0.29) is 12.5 Å². The summed E-state index contributed by atoms with van der Waals surface area (Å²) in [7, 11) is 1.89. The molecule has 2 aliphatic rings. The molecule has 2 saturated heterocycles. The van der Waals surface area contributed by atoms with Gasteiger partial charge in [0.25, 0.3) is 0 Å². The first-order chi connectivity index (χ1) is 26.2. The van der Waals surface area contributed by atoms with Crippen LogP contribution >= 0.6 is 0 Å². The second-order valence-electron chi connectivity index (χ2n) is 14.4. The van der Waals surface area contributed by atoms with Crippen molar-refractivity contribution in [3.8, 4) is 0 Å². The van der Waals surface area contributed by atoms with Gasteiger partial charge in [-0.2, -0.15) is 36.5 Å². The van der Waals surface area contributed by atoms with Crippen LogP contribution < -0.4 is 0 Å². The van der Waals surface area contributed by atoms with Crippen LogP contribution in [-0.2, 0) is 32.5 Å². The predicted molar refractivity (Wildman–Crippen MR) is 191 cm³/mol. The van der Waals surface area contributed by atoms with E-state index >= 15 is 0 Å². The largest absolute Gasteiger partial charge is 0.416 e. The van der Waals surface area contributed by atoms with Crippen LogP contribution in [0.3, 0.4) is 0 Å². The lowest BCUT2D eigenvalue weighted by molar-refractivity contribution is -0.138. The molecule has 0 spiro atoms. The molecule has 0 aliphatic carbocycles. The normalized spacial score (nSPS) is 18.8. The Labute approximate surface area is 312 Å².